The first-order valence-electron chi connectivity index (χ1n) is 7.21. The van der Waals surface area contributed by atoms with Crippen molar-refractivity contribution in [2.45, 2.75) is 42.8 Å². The molecule has 110 valence electrons. The van der Waals surface area contributed by atoms with Crippen molar-refractivity contribution < 1.29 is 8.42 Å². The summed E-state index contributed by atoms with van der Waals surface area (Å²) < 4.78 is 22.8. The maximum atomic E-state index is 11.4. The average Bonchev–Trinajstić information content (AvgIpc) is 2.82. The van der Waals surface area contributed by atoms with Crippen LogP contribution < -0.4 is 5.32 Å². The van der Waals surface area contributed by atoms with Crippen molar-refractivity contribution >= 4 is 15.5 Å². The molecule has 0 saturated carbocycles. The van der Waals surface area contributed by atoms with Gasteiger partial charge >= 0.3 is 0 Å². The lowest BCUT2D eigenvalue weighted by Gasteiger charge is -2.32. The highest BCUT2D eigenvalue weighted by atomic mass is 32.2. The number of hydrogen-bond donors (Lipinski definition) is 1. The maximum Gasteiger partial charge on any atom is 0.192 e. The molecule has 5 nitrogen and oxygen atoms in total. The van der Waals surface area contributed by atoms with Crippen molar-refractivity contribution in [3.8, 4) is 0 Å². The molecule has 2 fully saturated rings. The second-order valence-electron chi connectivity index (χ2n) is 5.80. The van der Waals surface area contributed by atoms with Gasteiger partial charge in [-0.15, -0.1) is 0 Å². The van der Waals surface area contributed by atoms with E-state index in [-0.39, 0.29) is 5.03 Å². The summed E-state index contributed by atoms with van der Waals surface area (Å²) >= 11 is 0. The summed E-state index contributed by atoms with van der Waals surface area (Å²) in [6.45, 7) is 2.38. The number of aromatic nitrogens is 1. The van der Waals surface area contributed by atoms with Crippen LogP contribution in [0.15, 0.2) is 23.4 Å². The van der Waals surface area contributed by atoms with Crippen LogP contribution in [-0.2, 0) is 9.84 Å². The zero-order chi connectivity index (χ0) is 14.2. The van der Waals surface area contributed by atoms with Crippen molar-refractivity contribution in [2.75, 3.05) is 24.7 Å². The van der Waals surface area contributed by atoms with Crippen LogP contribution in [0.2, 0.25) is 0 Å². The Labute approximate surface area is 120 Å². The van der Waals surface area contributed by atoms with E-state index in [4.69, 9.17) is 0 Å². The number of rotatable bonds is 3. The molecule has 0 radical (unpaired) electrons. The van der Waals surface area contributed by atoms with Gasteiger partial charge in [-0.05, 0) is 37.9 Å². The second-order valence-corrected chi connectivity index (χ2v) is 7.76. The molecule has 2 unspecified atom stereocenters. The van der Waals surface area contributed by atoms with Gasteiger partial charge in [-0.1, -0.05) is 6.42 Å². The number of anilines is 1. The number of nitrogens with one attached hydrogen (secondary N) is 1. The van der Waals surface area contributed by atoms with Crippen LogP contribution in [0.3, 0.4) is 0 Å². The first kappa shape index (κ1) is 13.8. The van der Waals surface area contributed by atoms with Crippen LogP contribution in [0.25, 0.3) is 0 Å². The summed E-state index contributed by atoms with van der Waals surface area (Å²) in [4.78, 5) is 6.60. The third kappa shape index (κ3) is 2.81. The molecule has 2 aliphatic rings. The van der Waals surface area contributed by atoms with Crippen molar-refractivity contribution in [3.63, 3.8) is 0 Å². The van der Waals surface area contributed by atoms with Crippen LogP contribution in [0, 0.1) is 0 Å². The molecule has 0 amide bonds. The molecule has 20 heavy (non-hydrogen) atoms. The quantitative estimate of drug-likeness (QED) is 0.916. The van der Waals surface area contributed by atoms with E-state index in [0.29, 0.717) is 12.1 Å². The van der Waals surface area contributed by atoms with E-state index < -0.39 is 9.84 Å². The van der Waals surface area contributed by atoms with Crippen LogP contribution in [0.5, 0.6) is 0 Å². The normalized spacial score (nSPS) is 27.2. The second kappa shape index (κ2) is 5.33. The molecule has 1 N–H and O–H groups in total. The van der Waals surface area contributed by atoms with E-state index in [2.05, 4.69) is 15.2 Å². The molecule has 0 bridgehead atoms. The third-order valence-electron chi connectivity index (χ3n) is 4.32. The van der Waals surface area contributed by atoms with E-state index in [9.17, 15) is 8.42 Å². The van der Waals surface area contributed by atoms with Crippen LogP contribution in [-0.4, -0.2) is 49.7 Å². The van der Waals surface area contributed by atoms with Gasteiger partial charge in [0.2, 0.25) is 0 Å². The molecule has 2 aliphatic heterocycles. The fourth-order valence-electron chi connectivity index (χ4n) is 3.31. The zero-order valence-electron chi connectivity index (χ0n) is 11.7. The smallest absolute Gasteiger partial charge is 0.192 e. The minimum Gasteiger partial charge on any atom is -0.379 e. The van der Waals surface area contributed by atoms with E-state index in [1.54, 1.807) is 12.3 Å². The summed E-state index contributed by atoms with van der Waals surface area (Å²) in [5, 5.41) is 3.65. The highest BCUT2D eigenvalue weighted by molar-refractivity contribution is 7.90. The lowest BCUT2D eigenvalue weighted by molar-refractivity contribution is 0.193. The van der Waals surface area contributed by atoms with E-state index in [1.807, 2.05) is 6.07 Å². The van der Waals surface area contributed by atoms with Gasteiger partial charge in [0.15, 0.2) is 14.9 Å². The SMILES string of the molecule is CS(=O)(=O)c1ccc(NC2CCN3CCCCC23)cn1. The highest BCUT2D eigenvalue weighted by Gasteiger charge is 2.35. The third-order valence-corrected chi connectivity index (χ3v) is 5.33. The van der Waals surface area contributed by atoms with Gasteiger partial charge in [-0.25, -0.2) is 13.4 Å². The number of pyridine rings is 1. The summed E-state index contributed by atoms with van der Waals surface area (Å²) in [5.74, 6) is 0. The Kier molecular flexibility index (Phi) is 3.69. The van der Waals surface area contributed by atoms with Crippen LogP contribution in [0.1, 0.15) is 25.7 Å². The highest BCUT2D eigenvalue weighted by Crippen LogP contribution is 2.29. The predicted octanol–water partition coefficient (Wildman–Crippen LogP) is 1.52. The lowest BCUT2D eigenvalue weighted by Crippen LogP contribution is -2.41. The number of piperidine rings is 1. The van der Waals surface area contributed by atoms with Gasteiger partial charge in [-0.2, -0.15) is 0 Å². The van der Waals surface area contributed by atoms with Gasteiger partial charge in [0, 0.05) is 24.9 Å². The minimum absolute atomic E-state index is 0.133. The average molecular weight is 295 g/mol. The van der Waals surface area contributed by atoms with Gasteiger partial charge in [0.25, 0.3) is 0 Å². The molecular weight excluding hydrogens is 274 g/mol. The zero-order valence-corrected chi connectivity index (χ0v) is 12.6. The topological polar surface area (TPSA) is 62.3 Å². The summed E-state index contributed by atoms with van der Waals surface area (Å²) in [7, 11) is -3.21. The van der Waals surface area contributed by atoms with E-state index >= 15 is 0 Å². The Morgan fingerprint density at radius 3 is 2.80 bits per heavy atom. The van der Waals surface area contributed by atoms with Gasteiger partial charge in [0.1, 0.15) is 0 Å². The monoisotopic (exact) mass is 295 g/mol. The summed E-state index contributed by atoms with van der Waals surface area (Å²) in [5.41, 5.74) is 0.912. The standard InChI is InChI=1S/C14H21N3O2S/c1-20(18,19)14-6-5-11(10-15-14)16-12-7-9-17-8-3-2-4-13(12)17/h5-6,10,12-13,16H,2-4,7-9H2,1H3. The lowest BCUT2D eigenvalue weighted by atomic mass is 9.99. The maximum absolute atomic E-state index is 11.4. The van der Waals surface area contributed by atoms with Crippen molar-refractivity contribution in [1.29, 1.82) is 0 Å². The van der Waals surface area contributed by atoms with Crippen LogP contribution >= 0.6 is 0 Å². The van der Waals surface area contributed by atoms with Gasteiger partial charge in [0.05, 0.1) is 11.9 Å². The molecule has 1 aromatic heterocycles. The fraction of sp³-hybridized carbons (Fsp3) is 0.643. The first-order valence-corrected chi connectivity index (χ1v) is 9.10. The van der Waals surface area contributed by atoms with Crippen molar-refractivity contribution in [3.05, 3.63) is 18.3 Å². The summed E-state index contributed by atoms with van der Waals surface area (Å²) in [6.07, 6.45) is 7.84. The number of nitrogens with zero attached hydrogens (tertiary/aromatic N) is 2. The van der Waals surface area contributed by atoms with Crippen molar-refractivity contribution in [2.24, 2.45) is 0 Å². The molecule has 0 aliphatic carbocycles. The molecule has 6 heteroatoms. The number of sulfone groups is 1. The van der Waals surface area contributed by atoms with Crippen LogP contribution in [0.4, 0.5) is 5.69 Å². The predicted molar refractivity (Wildman–Crippen MR) is 78.6 cm³/mol. The molecule has 3 rings (SSSR count). The Balaban J connectivity index is 1.69. The van der Waals surface area contributed by atoms with Gasteiger partial charge in [-0.3, -0.25) is 4.90 Å². The van der Waals surface area contributed by atoms with Gasteiger partial charge < -0.3 is 5.32 Å². The summed E-state index contributed by atoms with van der Waals surface area (Å²) in [6, 6.07) is 4.47. The fourth-order valence-corrected chi connectivity index (χ4v) is 3.87. The molecule has 0 spiro atoms. The Bertz CT molecular complexity index is 571. The molecule has 2 saturated heterocycles. The molecule has 3 heterocycles. The van der Waals surface area contributed by atoms with E-state index in [0.717, 1.165) is 18.7 Å². The Morgan fingerprint density at radius 2 is 2.10 bits per heavy atom. The Morgan fingerprint density at radius 1 is 1.25 bits per heavy atom. The number of fused-ring (bicyclic) bond motifs is 1. The largest absolute Gasteiger partial charge is 0.379 e. The molecule has 0 aromatic carbocycles. The molecule has 1 aromatic rings. The molecule has 2 atom stereocenters. The first-order chi connectivity index (χ1) is 9.54. The minimum atomic E-state index is -3.21. The van der Waals surface area contributed by atoms with Crippen molar-refractivity contribution in [1.82, 2.24) is 9.88 Å². The number of hydrogen-bond acceptors (Lipinski definition) is 5. The molecular formula is C14H21N3O2S. The van der Waals surface area contributed by atoms with E-state index in [1.165, 1.54) is 32.1 Å². The Hall–Kier alpha value is -1.14.